The van der Waals surface area contributed by atoms with Crippen molar-refractivity contribution >= 4 is 29.1 Å². The molecule has 7 nitrogen and oxygen atoms in total. The lowest BCUT2D eigenvalue weighted by atomic mass is 10.1. The Hall–Kier alpha value is -3.74. The second-order valence-corrected chi connectivity index (χ2v) is 6.48. The summed E-state index contributed by atoms with van der Waals surface area (Å²) in [6.45, 7) is 0. The van der Waals surface area contributed by atoms with Gasteiger partial charge >= 0.3 is 0 Å². The minimum atomic E-state index is -0.249. The summed E-state index contributed by atoms with van der Waals surface area (Å²) >= 11 is 0. The third kappa shape index (κ3) is 3.55. The molecule has 4 rings (SSSR count). The Morgan fingerprint density at radius 1 is 0.964 bits per heavy atom. The first-order valence-electron chi connectivity index (χ1n) is 8.95. The summed E-state index contributed by atoms with van der Waals surface area (Å²) in [4.78, 5) is 37.7. The summed E-state index contributed by atoms with van der Waals surface area (Å²) in [6, 6.07) is 16.2. The number of aromatic nitrogens is 2. The molecule has 0 radical (unpaired) electrons. The molecule has 0 saturated carbocycles. The van der Waals surface area contributed by atoms with Crippen LogP contribution in [-0.2, 0) is 20.8 Å². The lowest BCUT2D eigenvalue weighted by Crippen LogP contribution is -2.30. The molecule has 0 spiro atoms. The van der Waals surface area contributed by atoms with Gasteiger partial charge in [0.2, 0.25) is 17.7 Å². The number of nitrogens with one attached hydrogen (secondary N) is 1. The molecule has 7 heteroatoms. The van der Waals surface area contributed by atoms with Crippen molar-refractivity contribution in [3.05, 3.63) is 72.6 Å². The number of benzene rings is 2. The maximum Gasteiger partial charge on any atom is 0.234 e. The minimum Gasteiger partial charge on any atom is -0.324 e. The van der Waals surface area contributed by atoms with E-state index in [2.05, 4.69) is 10.4 Å². The number of anilines is 2. The van der Waals surface area contributed by atoms with Gasteiger partial charge in [-0.05, 0) is 35.9 Å². The van der Waals surface area contributed by atoms with Crippen LogP contribution in [0.3, 0.4) is 0 Å². The fraction of sp³-hybridized carbons (Fsp3) is 0.143. The smallest absolute Gasteiger partial charge is 0.234 e. The zero-order valence-electron chi connectivity index (χ0n) is 15.0. The molecule has 3 aromatic rings. The van der Waals surface area contributed by atoms with E-state index in [-0.39, 0.29) is 37.0 Å². The standard InChI is InChI=1S/C21H18N4O3/c26-19(14-15-6-8-16(9-7-15)24-13-3-12-22-24)23-17-4-1-2-5-18(17)25-20(27)10-11-21(25)28/h1-9,12-13H,10-11,14H2,(H,23,26). The molecule has 0 aliphatic carbocycles. The maximum absolute atomic E-state index is 12.5. The highest BCUT2D eigenvalue weighted by Gasteiger charge is 2.31. The van der Waals surface area contributed by atoms with Gasteiger partial charge in [0.1, 0.15) is 0 Å². The summed E-state index contributed by atoms with van der Waals surface area (Å²) < 4.78 is 1.74. The summed E-state index contributed by atoms with van der Waals surface area (Å²) in [6.07, 6.45) is 4.12. The lowest BCUT2D eigenvalue weighted by molar-refractivity contribution is -0.121. The van der Waals surface area contributed by atoms with Gasteiger partial charge in [0, 0.05) is 25.2 Å². The molecule has 28 heavy (non-hydrogen) atoms. The predicted octanol–water partition coefficient (Wildman–Crippen LogP) is 2.71. The molecular weight excluding hydrogens is 356 g/mol. The van der Waals surface area contributed by atoms with E-state index in [9.17, 15) is 14.4 Å². The molecule has 2 aromatic carbocycles. The van der Waals surface area contributed by atoms with Gasteiger partial charge in [0.25, 0.3) is 0 Å². The van der Waals surface area contributed by atoms with Crippen molar-refractivity contribution in [2.45, 2.75) is 19.3 Å². The van der Waals surface area contributed by atoms with Gasteiger partial charge in [-0.25, -0.2) is 9.58 Å². The SMILES string of the molecule is O=C(Cc1ccc(-n2cccn2)cc1)Nc1ccccc1N1C(=O)CCC1=O. The van der Waals surface area contributed by atoms with E-state index in [0.29, 0.717) is 11.4 Å². The summed E-state index contributed by atoms with van der Waals surface area (Å²) in [5.74, 6) is -0.722. The molecule has 140 valence electrons. The van der Waals surface area contributed by atoms with Gasteiger partial charge in [0.05, 0.1) is 23.5 Å². The Bertz CT molecular complexity index is 1010. The number of amides is 3. The molecule has 1 saturated heterocycles. The topological polar surface area (TPSA) is 84.3 Å². The Balaban J connectivity index is 1.47. The van der Waals surface area contributed by atoms with Crippen LogP contribution in [0.5, 0.6) is 0 Å². The van der Waals surface area contributed by atoms with E-state index < -0.39 is 0 Å². The Labute approximate surface area is 161 Å². The monoisotopic (exact) mass is 374 g/mol. The predicted molar refractivity (Wildman–Crippen MR) is 104 cm³/mol. The maximum atomic E-state index is 12.5. The third-order valence-electron chi connectivity index (χ3n) is 4.54. The first kappa shape index (κ1) is 17.7. The quantitative estimate of drug-likeness (QED) is 0.696. The molecule has 1 fully saturated rings. The van der Waals surface area contributed by atoms with Gasteiger partial charge in [-0.2, -0.15) is 5.10 Å². The van der Waals surface area contributed by atoms with Crippen LogP contribution in [0.15, 0.2) is 67.0 Å². The van der Waals surface area contributed by atoms with Gasteiger partial charge in [-0.3, -0.25) is 14.4 Å². The van der Waals surface area contributed by atoms with E-state index in [4.69, 9.17) is 0 Å². The first-order chi connectivity index (χ1) is 13.6. The van der Waals surface area contributed by atoms with Gasteiger partial charge < -0.3 is 5.32 Å². The molecule has 2 heterocycles. The van der Waals surface area contributed by atoms with Crippen molar-refractivity contribution in [2.24, 2.45) is 0 Å². The molecular formula is C21H18N4O3. The average Bonchev–Trinajstić information content (AvgIpc) is 3.33. The fourth-order valence-corrected chi connectivity index (χ4v) is 3.19. The molecule has 0 bridgehead atoms. The van der Waals surface area contributed by atoms with Crippen molar-refractivity contribution in [3.8, 4) is 5.69 Å². The van der Waals surface area contributed by atoms with Crippen LogP contribution in [-0.4, -0.2) is 27.5 Å². The van der Waals surface area contributed by atoms with Crippen LogP contribution in [0.25, 0.3) is 5.69 Å². The summed E-state index contributed by atoms with van der Waals surface area (Å²) in [5.41, 5.74) is 2.62. The molecule has 0 unspecified atom stereocenters. The van der Waals surface area contributed by atoms with Crippen molar-refractivity contribution < 1.29 is 14.4 Å². The Kier molecular flexibility index (Phi) is 4.72. The molecule has 0 atom stereocenters. The Morgan fingerprint density at radius 2 is 1.68 bits per heavy atom. The van der Waals surface area contributed by atoms with Gasteiger partial charge in [-0.1, -0.05) is 24.3 Å². The molecule has 1 aliphatic heterocycles. The highest BCUT2D eigenvalue weighted by molar-refractivity contribution is 6.21. The number of hydrogen-bond acceptors (Lipinski definition) is 4. The first-order valence-corrected chi connectivity index (χ1v) is 8.95. The third-order valence-corrected chi connectivity index (χ3v) is 4.54. The number of para-hydroxylation sites is 2. The van der Waals surface area contributed by atoms with E-state index in [1.54, 1.807) is 35.1 Å². The van der Waals surface area contributed by atoms with Crippen LogP contribution in [0.1, 0.15) is 18.4 Å². The number of imide groups is 1. The van der Waals surface area contributed by atoms with Crippen LogP contribution in [0, 0.1) is 0 Å². The van der Waals surface area contributed by atoms with E-state index in [1.807, 2.05) is 36.5 Å². The molecule has 1 aromatic heterocycles. The largest absolute Gasteiger partial charge is 0.324 e. The Morgan fingerprint density at radius 3 is 2.36 bits per heavy atom. The van der Waals surface area contributed by atoms with Crippen LogP contribution < -0.4 is 10.2 Å². The fourth-order valence-electron chi connectivity index (χ4n) is 3.19. The van der Waals surface area contributed by atoms with Crippen molar-refractivity contribution in [1.29, 1.82) is 0 Å². The second kappa shape index (κ2) is 7.48. The number of nitrogens with zero attached hydrogens (tertiary/aromatic N) is 3. The minimum absolute atomic E-state index is 0.176. The highest BCUT2D eigenvalue weighted by atomic mass is 16.2. The summed E-state index contributed by atoms with van der Waals surface area (Å²) in [5, 5.41) is 6.99. The number of carbonyl (C=O) groups is 3. The van der Waals surface area contributed by atoms with Crippen LogP contribution >= 0.6 is 0 Å². The van der Waals surface area contributed by atoms with Crippen LogP contribution in [0.4, 0.5) is 11.4 Å². The van der Waals surface area contributed by atoms with E-state index in [1.165, 1.54) is 0 Å². The average molecular weight is 374 g/mol. The van der Waals surface area contributed by atoms with Gasteiger partial charge in [0.15, 0.2) is 0 Å². The van der Waals surface area contributed by atoms with Crippen molar-refractivity contribution in [3.63, 3.8) is 0 Å². The van der Waals surface area contributed by atoms with E-state index >= 15 is 0 Å². The number of rotatable bonds is 5. The summed E-state index contributed by atoms with van der Waals surface area (Å²) in [7, 11) is 0. The lowest BCUT2D eigenvalue weighted by Gasteiger charge is -2.18. The highest BCUT2D eigenvalue weighted by Crippen LogP contribution is 2.30. The molecule has 1 aliphatic rings. The normalized spacial score (nSPS) is 13.8. The molecule has 1 N–H and O–H groups in total. The van der Waals surface area contributed by atoms with Crippen molar-refractivity contribution in [1.82, 2.24) is 9.78 Å². The van der Waals surface area contributed by atoms with Crippen LogP contribution in [0.2, 0.25) is 0 Å². The molecule has 3 amide bonds. The second-order valence-electron chi connectivity index (χ2n) is 6.48. The van der Waals surface area contributed by atoms with Gasteiger partial charge in [-0.15, -0.1) is 0 Å². The van der Waals surface area contributed by atoms with E-state index in [0.717, 1.165) is 16.2 Å². The number of carbonyl (C=O) groups excluding carboxylic acids is 3. The van der Waals surface area contributed by atoms with Crippen molar-refractivity contribution in [2.75, 3.05) is 10.2 Å². The number of hydrogen-bond donors (Lipinski definition) is 1. The zero-order chi connectivity index (χ0) is 19.5. The zero-order valence-corrected chi connectivity index (χ0v) is 15.0.